The molecule has 4 heteroatoms. The van der Waals surface area contributed by atoms with E-state index in [4.69, 9.17) is 16.3 Å². The standard InChI is InChI=1S/C16H20ClNOS/c1-4-18-15(16-14(17)11(3)10-20-16)12-8-6-7-9-13(12)19-5-2/h6-10,15,18H,4-5H2,1-3H3. The number of aryl methyl sites for hydroxylation is 1. The molecule has 108 valence electrons. The van der Waals surface area contributed by atoms with Crippen LogP contribution in [0, 0.1) is 6.92 Å². The highest BCUT2D eigenvalue weighted by molar-refractivity contribution is 7.10. The summed E-state index contributed by atoms with van der Waals surface area (Å²) in [5, 5.41) is 6.47. The lowest BCUT2D eigenvalue weighted by molar-refractivity contribution is 0.334. The number of hydrogen-bond donors (Lipinski definition) is 1. The summed E-state index contributed by atoms with van der Waals surface area (Å²) in [6.45, 7) is 7.68. The summed E-state index contributed by atoms with van der Waals surface area (Å²) in [7, 11) is 0. The highest BCUT2D eigenvalue weighted by Crippen LogP contribution is 2.38. The molecule has 0 saturated carbocycles. The van der Waals surface area contributed by atoms with Gasteiger partial charge in [0, 0.05) is 10.4 Å². The minimum Gasteiger partial charge on any atom is -0.494 e. The molecule has 1 aromatic carbocycles. The zero-order valence-corrected chi connectivity index (χ0v) is 13.6. The van der Waals surface area contributed by atoms with Crippen LogP contribution < -0.4 is 10.1 Å². The largest absolute Gasteiger partial charge is 0.494 e. The Balaban J connectivity index is 2.46. The van der Waals surface area contributed by atoms with Gasteiger partial charge in [0.25, 0.3) is 0 Å². The Morgan fingerprint density at radius 2 is 2.05 bits per heavy atom. The third-order valence-corrected chi connectivity index (χ3v) is 4.90. The topological polar surface area (TPSA) is 21.3 Å². The zero-order valence-electron chi connectivity index (χ0n) is 12.1. The first-order valence-corrected chi connectivity index (χ1v) is 8.13. The molecule has 1 N–H and O–H groups in total. The van der Waals surface area contributed by atoms with Crippen molar-refractivity contribution in [1.29, 1.82) is 0 Å². The normalized spacial score (nSPS) is 12.4. The summed E-state index contributed by atoms with van der Waals surface area (Å²) < 4.78 is 5.75. The summed E-state index contributed by atoms with van der Waals surface area (Å²) in [6.07, 6.45) is 0. The van der Waals surface area contributed by atoms with Gasteiger partial charge in [-0.05, 0) is 37.4 Å². The van der Waals surface area contributed by atoms with Crippen molar-refractivity contribution in [3.8, 4) is 5.75 Å². The van der Waals surface area contributed by atoms with E-state index in [1.165, 1.54) is 0 Å². The van der Waals surface area contributed by atoms with Crippen molar-refractivity contribution in [3.63, 3.8) is 0 Å². The lowest BCUT2D eigenvalue weighted by Gasteiger charge is -2.20. The molecule has 1 heterocycles. The number of rotatable bonds is 6. The molecule has 0 aliphatic heterocycles. The molecule has 2 rings (SSSR count). The molecule has 1 unspecified atom stereocenters. The maximum Gasteiger partial charge on any atom is 0.124 e. The molecular formula is C16H20ClNOS. The first kappa shape index (κ1) is 15.4. The van der Waals surface area contributed by atoms with Crippen molar-refractivity contribution in [3.05, 3.63) is 50.7 Å². The third-order valence-electron chi connectivity index (χ3n) is 3.13. The lowest BCUT2D eigenvalue weighted by atomic mass is 10.0. The van der Waals surface area contributed by atoms with E-state index in [9.17, 15) is 0 Å². The van der Waals surface area contributed by atoms with Crippen LogP contribution >= 0.6 is 22.9 Å². The van der Waals surface area contributed by atoms with E-state index in [0.717, 1.165) is 33.3 Å². The predicted octanol–water partition coefficient (Wildman–Crippen LogP) is 4.81. The Bertz CT molecular complexity index is 567. The number of ether oxygens (including phenoxy) is 1. The van der Waals surface area contributed by atoms with Gasteiger partial charge in [0.1, 0.15) is 5.75 Å². The van der Waals surface area contributed by atoms with E-state index in [0.29, 0.717) is 6.61 Å². The molecule has 1 atom stereocenters. The van der Waals surface area contributed by atoms with Gasteiger partial charge in [-0.3, -0.25) is 0 Å². The number of hydrogen-bond acceptors (Lipinski definition) is 3. The van der Waals surface area contributed by atoms with Crippen molar-refractivity contribution < 1.29 is 4.74 Å². The van der Waals surface area contributed by atoms with Crippen LogP contribution in [0.15, 0.2) is 29.6 Å². The van der Waals surface area contributed by atoms with Crippen molar-refractivity contribution in [2.24, 2.45) is 0 Å². The molecular weight excluding hydrogens is 290 g/mol. The van der Waals surface area contributed by atoms with Crippen molar-refractivity contribution in [1.82, 2.24) is 5.32 Å². The van der Waals surface area contributed by atoms with Gasteiger partial charge in [-0.25, -0.2) is 0 Å². The fourth-order valence-electron chi connectivity index (χ4n) is 2.20. The number of benzene rings is 1. The molecule has 0 fully saturated rings. The average Bonchev–Trinajstić information content (AvgIpc) is 2.78. The van der Waals surface area contributed by atoms with Crippen LogP contribution in [0.1, 0.15) is 35.9 Å². The Morgan fingerprint density at radius 1 is 1.30 bits per heavy atom. The molecule has 0 bridgehead atoms. The molecule has 0 aliphatic rings. The van der Waals surface area contributed by atoms with Crippen molar-refractivity contribution >= 4 is 22.9 Å². The Morgan fingerprint density at radius 3 is 2.65 bits per heavy atom. The highest BCUT2D eigenvalue weighted by Gasteiger charge is 2.22. The Kier molecular flexibility index (Phi) is 5.46. The van der Waals surface area contributed by atoms with E-state index in [-0.39, 0.29) is 6.04 Å². The Hall–Kier alpha value is -1.03. The number of halogens is 1. The average molecular weight is 310 g/mol. The number of nitrogens with one attached hydrogen (secondary N) is 1. The summed E-state index contributed by atoms with van der Waals surface area (Å²) in [5.74, 6) is 0.920. The fraction of sp³-hybridized carbons (Fsp3) is 0.375. The second kappa shape index (κ2) is 7.11. The molecule has 20 heavy (non-hydrogen) atoms. The van der Waals surface area contributed by atoms with Crippen LogP contribution in [-0.2, 0) is 0 Å². The molecule has 1 aromatic heterocycles. The summed E-state index contributed by atoms with van der Waals surface area (Å²) in [4.78, 5) is 1.15. The van der Waals surface area contributed by atoms with Crippen molar-refractivity contribution in [2.45, 2.75) is 26.8 Å². The van der Waals surface area contributed by atoms with Crippen LogP contribution in [0.3, 0.4) is 0 Å². The quantitative estimate of drug-likeness (QED) is 0.827. The SMILES string of the molecule is CCNC(c1ccccc1OCC)c1scc(C)c1Cl. The van der Waals surface area contributed by atoms with Crippen LogP contribution in [0.5, 0.6) is 5.75 Å². The van der Waals surface area contributed by atoms with Crippen LogP contribution in [0.2, 0.25) is 5.02 Å². The van der Waals surface area contributed by atoms with E-state index in [2.05, 4.69) is 23.7 Å². The predicted molar refractivity (Wildman–Crippen MR) is 87.2 cm³/mol. The molecule has 0 saturated heterocycles. The minimum atomic E-state index is 0.0777. The molecule has 0 spiro atoms. The second-order valence-corrected chi connectivity index (χ2v) is 5.85. The summed E-state index contributed by atoms with van der Waals surface area (Å²) >= 11 is 8.14. The highest BCUT2D eigenvalue weighted by atomic mass is 35.5. The first-order chi connectivity index (χ1) is 9.69. The van der Waals surface area contributed by atoms with Gasteiger partial charge in [0.05, 0.1) is 17.7 Å². The Labute approximate surface area is 129 Å². The second-order valence-electron chi connectivity index (χ2n) is 4.56. The monoisotopic (exact) mass is 309 g/mol. The first-order valence-electron chi connectivity index (χ1n) is 6.87. The van der Waals surface area contributed by atoms with E-state index in [1.807, 2.05) is 32.0 Å². The maximum absolute atomic E-state index is 6.45. The fourth-order valence-corrected chi connectivity index (χ4v) is 3.59. The van der Waals surface area contributed by atoms with Gasteiger partial charge in [0.2, 0.25) is 0 Å². The summed E-state index contributed by atoms with van der Waals surface area (Å²) in [5.41, 5.74) is 2.27. The summed E-state index contributed by atoms with van der Waals surface area (Å²) in [6, 6.07) is 8.23. The van der Waals surface area contributed by atoms with Gasteiger partial charge in [-0.1, -0.05) is 36.7 Å². The van der Waals surface area contributed by atoms with E-state index < -0.39 is 0 Å². The van der Waals surface area contributed by atoms with Gasteiger partial charge < -0.3 is 10.1 Å². The van der Waals surface area contributed by atoms with E-state index in [1.54, 1.807) is 11.3 Å². The zero-order chi connectivity index (χ0) is 14.5. The van der Waals surface area contributed by atoms with Crippen LogP contribution in [0.4, 0.5) is 0 Å². The lowest BCUT2D eigenvalue weighted by Crippen LogP contribution is -2.22. The minimum absolute atomic E-state index is 0.0777. The maximum atomic E-state index is 6.45. The smallest absolute Gasteiger partial charge is 0.124 e. The molecule has 0 amide bonds. The third kappa shape index (κ3) is 3.17. The number of para-hydroxylation sites is 1. The molecule has 2 nitrogen and oxygen atoms in total. The van der Waals surface area contributed by atoms with Gasteiger partial charge in [0.15, 0.2) is 0 Å². The molecule has 0 radical (unpaired) electrons. The van der Waals surface area contributed by atoms with Gasteiger partial charge in [-0.15, -0.1) is 11.3 Å². The molecule has 0 aliphatic carbocycles. The molecule has 2 aromatic rings. The van der Waals surface area contributed by atoms with Gasteiger partial charge in [-0.2, -0.15) is 0 Å². The number of thiophene rings is 1. The van der Waals surface area contributed by atoms with E-state index >= 15 is 0 Å². The van der Waals surface area contributed by atoms with Gasteiger partial charge >= 0.3 is 0 Å². The van der Waals surface area contributed by atoms with Crippen LogP contribution in [0.25, 0.3) is 0 Å². The van der Waals surface area contributed by atoms with Crippen molar-refractivity contribution in [2.75, 3.05) is 13.2 Å². The van der Waals surface area contributed by atoms with Crippen LogP contribution in [-0.4, -0.2) is 13.2 Å².